The van der Waals surface area contributed by atoms with Gasteiger partial charge in [-0.15, -0.1) is 0 Å². The standard InChI is InChI=1S/C23H32O2Si/c1-19(17-20-18-24-20)15-16-25-26(23(2,3)4,21-11-7-5-8-12-21)22-13-9-6-10-14-22/h5-14,19-20H,15-18H2,1-4H3/t19-,20-/m0/s1. The quantitative estimate of drug-likeness (QED) is 0.509. The van der Waals surface area contributed by atoms with E-state index in [2.05, 4.69) is 88.4 Å². The molecular formula is C23H32O2Si. The largest absolute Gasteiger partial charge is 0.407 e. The Morgan fingerprint density at radius 1 is 1.00 bits per heavy atom. The van der Waals surface area contributed by atoms with E-state index in [4.69, 9.17) is 9.16 Å². The van der Waals surface area contributed by atoms with Crippen LogP contribution in [-0.4, -0.2) is 27.6 Å². The maximum atomic E-state index is 6.94. The van der Waals surface area contributed by atoms with Crippen LogP contribution in [0.1, 0.15) is 40.5 Å². The molecule has 2 aromatic carbocycles. The first-order chi connectivity index (χ1) is 12.4. The van der Waals surface area contributed by atoms with Gasteiger partial charge in [-0.1, -0.05) is 88.4 Å². The number of ether oxygens (including phenoxy) is 1. The van der Waals surface area contributed by atoms with Crippen molar-refractivity contribution in [3.05, 3.63) is 60.7 Å². The van der Waals surface area contributed by atoms with E-state index in [0.717, 1.165) is 26.1 Å². The molecular weight excluding hydrogens is 336 g/mol. The molecule has 0 amide bonds. The van der Waals surface area contributed by atoms with Crippen LogP contribution in [0.5, 0.6) is 0 Å². The maximum absolute atomic E-state index is 6.94. The topological polar surface area (TPSA) is 21.8 Å². The summed E-state index contributed by atoms with van der Waals surface area (Å²) in [6, 6.07) is 21.8. The van der Waals surface area contributed by atoms with Crippen molar-refractivity contribution in [1.82, 2.24) is 0 Å². The molecule has 0 saturated carbocycles. The SMILES string of the molecule is C[C@@H](CCO[Si](c1ccccc1)(c1ccccc1)C(C)(C)C)C[C@H]1CO1. The molecule has 1 fully saturated rings. The molecule has 140 valence electrons. The van der Waals surface area contributed by atoms with Crippen molar-refractivity contribution >= 4 is 18.7 Å². The molecule has 2 nitrogen and oxygen atoms in total. The van der Waals surface area contributed by atoms with E-state index in [0.29, 0.717) is 12.0 Å². The Hall–Kier alpha value is -1.42. The van der Waals surface area contributed by atoms with Crippen LogP contribution >= 0.6 is 0 Å². The van der Waals surface area contributed by atoms with Gasteiger partial charge in [0.2, 0.25) is 0 Å². The third-order valence-electron chi connectivity index (χ3n) is 5.41. The first-order valence-electron chi connectivity index (χ1n) is 9.80. The van der Waals surface area contributed by atoms with Gasteiger partial charge >= 0.3 is 0 Å². The number of epoxide rings is 1. The first kappa shape index (κ1) is 19.3. The number of hydrogen-bond donors (Lipinski definition) is 0. The minimum atomic E-state index is -2.37. The molecule has 1 aliphatic rings. The van der Waals surface area contributed by atoms with E-state index in [9.17, 15) is 0 Å². The molecule has 0 aliphatic carbocycles. The summed E-state index contributed by atoms with van der Waals surface area (Å²) in [5.41, 5.74) is 0. The summed E-state index contributed by atoms with van der Waals surface area (Å²) in [6.45, 7) is 11.1. The lowest BCUT2D eigenvalue weighted by molar-refractivity contribution is 0.255. The van der Waals surface area contributed by atoms with Crippen LogP contribution in [0.3, 0.4) is 0 Å². The van der Waals surface area contributed by atoms with Crippen molar-refractivity contribution in [2.24, 2.45) is 5.92 Å². The summed E-state index contributed by atoms with van der Waals surface area (Å²) in [7, 11) is -2.37. The van der Waals surface area contributed by atoms with Crippen LogP contribution in [0.25, 0.3) is 0 Å². The highest BCUT2D eigenvalue weighted by Gasteiger charge is 2.50. The second-order valence-corrected chi connectivity index (χ2v) is 12.9. The number of hydrogen-bond acceptors (Lipinski definition) is 2. The Balaban J connectivity index is 1.89. The Bertz CT molecular complexity index is 635. The summed E-state index contributed by atoms with van der Waals surface area (Å²) in [6.07, 6.45) is 2.74. The molecule has 2 atom stereocenters. The van der Waals surface area contributed by atoms with E-state index in [1.54, 1.807) is 0 Å². The molecule has 3 heteroatoms. The highest BCUT2D eigenvalue weighted by Crippen LogP contribution is 2.37. The minimum Gasteiger partial charge on any atom is -0.407 e. The zero-order chi connectivity index (χ0) is 18.6. The normalized spacial score (nSPS) is 18.5. The van der Waals surface area contributed by atoms with Crippen molar-refractivity contribution < 1.29 is 9.16 Å². The second kappa shape index (κ2) is 8.08. The summed E-state index contributed by atoms with van der Waals surface area (Å²) in [5, 5.41) is 2.77. The van der Waals surface area contributed by atoms with Gasteiger partial charge < -0.3 is 9.16 Å². The van der Waals surface area contributed by atoms with Crippen molar-refractivity contribution in [2.45, 2.75) is 51.7 Å². The Labute approximate surface area is 159 Å². The van der Waals surface area contributed by atoms with E-state index < -0.39 is 8.32 Å². The fourth-order valence-corrected chi connectivity index (χ4v) is 8.53. The predicted octanol–water partition coefficient (Wildman–Crippen LogP) is 4.38. The fraction of sp³-hybridized carbons (Fsp3) is 0.478. The van der Waals surface area contributed by atoms with E-state index in [1.807, 2.05) is 0 Å². The maximum Gasteiger partial charge on any atom is 0.261 e. The van der Waals surface area contributed by atoms with Crippen LogP contribution in [0.2, 0.25) is 5.04 Å². The lowest BCUT2D eigenvalue weighted by Gasteiger charge is -2.43. The molecule has 1 heterocycles. The van der Waals surface area contributed by atoms with Gasteiger partial charge in [-0.25, -0.2) is 0 Å². The molecule has 0 unspecified atom stereocenters. The molecule has 0 bridgehead atoms. The average Bonchev–Trinajstić information content (AvgIpc) is 3.43. The Morgan fingerprint density at radius 3 is 1.92 bits per heavy atom. The van der Waals surface area contributed by atoms with Crippen LogP contribution < -0.4 is 10.4 Å². The van der Waals surface area contributed by atoms with Crippen LogP contribution in [0.4, 0.5) is 0 Å². The van der Waals surface area contributed by atoms with Gasteiger partial charge in [-0.2, -0.15) is 0 Å². The summed E-state index contributed by atoms with van der Waals surface area (Å²) in [4.78, 5) is 0. The van der Waals surface area contributed by atoms with Crippen molar-refractivity contribution in [3.63, 3.8) is 0 Å². The van der Waals surface area contributed by atoms with E-state index in [-0.39, 0.29) is 5.04 Å². The Morgan fingerprint density at radius 2 is 1.50 bits per heavy atom. The van der Waals surface area contributed by atoms with Gasteiger partial charge in [0, 0.05) is 6.61 Å². The third kappa shape index (κ3) is 4.28. The first-order valence-corrected chi connectivity index (χ1v) is 11.7. The molecule has 0 aromatic heterocycles. The molecule has 26 heavy (non-hydrogen) atoms. The fourth-order valence-electron chi connectivity index (χ4n) is 3.95. The van der Waals surface area contributed by atoms with Crippen molar-refractivity contribution in [3.8, 4) is 0 Å². The smallest absolute Gasteiger partial charge is 0.261 e. The monoisotopic (exact) mass is 368 g/mol. The predicted molar refractivity (Wildman–Crippen MR) is 112 cm³/mol. The van der Waals surface area contributed by atoms with Gasteiger partial charge in [-0.3, -0.25) is 0 Å². The number of rotatable bonds is 8. The van der Waals surface area contributed by atoms with Crippen LogP contribution in [-0.2, 0) is 9.16 Å². The minimum absolute atomic E-state index is 0.0541. The number of benzene rings is 2. The van der Waals surface area contributed by atoms with E-state index in [1.165, 1.54) is 10.4 Å². The van der Waals surface area contributed by atoms with E-state index >= 15 is 0 Å². The van der Waals surface area contributed by atoms with Gasteiger partial charge in [0.1, 0.15) is 0 Å². The summed E-state index contributed by atoms with van der Waals surface area (Å²) < 4.78 is 12.3. The van der Waals surface area contributed by atoms with Crippen LogP contribution in [0.15, 0.2) is 60.7 Å². The molecule has 1 saturated heterocycles. The molecule has 0 radical (unpaired) electrons. The highest BCUT2D eigenvalue weighted by molar-refractivity contribution is 6.99. The average molecular weight is 369 g/mol. The lowest BCUT2D eigenvalue weighted by atomic mass is 10.0. The zero-order valence-electron chi connectivity index (χ0n) is 16.6. The Kier molecular flexibility index (Phi) is 6.01. The molecule has 0 N–H and O–H groups in total. The second-order valence-electron chi connectivity index (χ2n) is 8.60. The van der Waals surface area contributed by atoms with Crippen molar-refractivity contribution in [2.75, 3.05) is 13.2 Å². The molecule has 1 aliphatic heterocycles. The summed E-state index contributed by atoms with van der Waals surface area (Å²) in [5.74, 6) is 0.640. The third-order valence-corrected chi connectivity index (χ3v) is 10.5. The molecule has 2 aromatic rings. The molecule has 3 rings (SSSR count). The zero-order valence-corrected chi connectivity index (χ0v) is 17.6. The van der Waals surface area contributed by atoms with Gasteiger partial charge in [-0.05, 0) is 34.2 Å². The highest BCUT2D eigenvalue weighted by atomic mass is 28.4. The van der Waals surface area contributed by atoms with Crippen LogP contribution in [0, 0.1) is 5.92 Å². The lowest BCUT2D eigenvalue weighted by Crippen LogP contribution is -2.66. The van der Waals surface area contributed by atoms with Gasteiger partial charge in [0.05, 0.1) is 12.7 Å². The summed E-state index contributed by atoms with van der Waals surface area (Å²) >= 11 is 0. The molecule has 0 spiro atoms. The van der Waals surface area contributed by atoms with Crippen molar-refractivity contribution in [1.29, 1.82) is 0 Å². The van der Waals surface area contributed by atoms with Gasteiger partial charge in [0.25, 0.3) is 8.32 Å². The van der Waals surface area contributed by atoms with Gasteiger partial charge in [0.15, 0.2) is 0 Å².